The summed E-state index contributed by atoms with van der Waals surface area (Å²) in [6.07, 6.45) is 14.6. The van der Waals surface area contributed by atoms with Crippen molar-refractivity contribution < 1.29 is 14.3 Å². The molecule has 1 saturated heterocycles. The Balaban J connectivity index is 1.12. The summed E-state index contributed by atoms with van der Waals surface area (Å²) in [5.41, 5.74) is 3.30. The van der Waals surface area contributed by atoms with Crippen LogP contribution in [-0.2, 0) is 20.7 Å². The minimum Gasteiger partial charge on any atom is -0.462 e. The molecule has 1 aromatic heterocycles. The number of anilines is 1. The maximum Gasteiger partial charge on any atom is 0.306 e. The van der Waals surface area contributed by atoms with Gasteiger partial charge in [0, 0.05) is 31.5 Å². The summed E-state index contributed by atoms with van der Waals surface area (Å²) in [4.78, 5) is 21.6. The van der Waals surface area contributed by atoms with Crippen molar-refractivity contribution >= 4 is 28.0 Å². The molecule has 0 radical (unpaired) electrons. The molecule has 0 amide bonds. The van der Waals surface area contributed by atoms with Crippen molar-refractivity contribution in [3.63, 3.8) is 0 Å². The van der Waals surface area contributed by atoms with Gasteiger partial charge < -0.3 is 14.8 Å². The molecule has 216 valence electrons. The van der Waals surface area contributed by atoms with Gasteiger partial charge in [-0.25, -0.2) is 4.98 Å². The fourth-order valence-electron chi connectivity index (χ4n) is 8.96. The molecule has 1 aromatic rings. The maximum absolute atomic E-state index is 12.5. The summed E-state index contributed by atoms with van der Waals surface area (Å²) in [6, 6.07) is 0. The van der Waals surface area contributed by atoms with Crippen LogP contribution in [0.25, 0.3) is 5.57 Å². The van der Waals surface area contributed by atoms with Crippen LogP contribution in [0.1, 0.15) is 95.6 Å². The van der Waals surface area contributed by atoms with Gasteiger partial charge in [-0.2, -0.15) is 0 Å². The summed E-state index contributed by atoms with van der Waals surface area (Å²) in [6.45, 7) is 13.1. The standard InChI is InChI=1S/C32H49N3O3S/c1-4-5-7-28(36)38-27-11-10-23-22-8-9-25-29-26(13-15-31(25,2)24(22)12-14-32(23,27)3)34-30(39-29)33-16-6-17-35-18-20-37-21-19-35/h9,22-24,27H,4-8,10-21H2,1-3H3,(H,33,34)/t22-,23-,24-,27-,31+,32-/m0/s1. The molecule has 0 unspecified atom stereocenters. The van der Waals surface area contributed by atoms with Gasteiger partial charge in [0.15, 0.2) is 5.13 Å². The monoisotopic (exact) mass is 555 g/mol. The minimum atomic E-state index is 0.0270. The van der Waals surface area contributed by atoms with Crippen molar-refractivity contribution in [3.8, 4) is 0 Å². The number of aromatic nitrogens is 1. The number of fused-ring (bicyclic) bond motifs is 7. The van der Waals surface area contributed by atoms with Gasteiger partial charge in [0.1, 0.15) is 6.10 Å². The number of nitrogens with zero attached hydrogens (tertiary/aromatic N) is 2. The first kappa shape index (κ1) is 27.7. The van der Waals surface area contributed by atoms with Crippen LogP contribution >= 0.6 is 11.3 Å². The molecule has 1 N–H and O–H groups in total. The number of unbranched alkanes of at least 4 members (excludes halogenated alkanes) is 1. The molecule has 4 aliphatic carbocycles. The predicted octanol–water partition coefficient (Wildman–Crippen LogP) is 6.56. The summed E-state index contributed by atoms with van der Waals surface area (Å²) in [7, 11) is 0. The highest BCUT2D eigenvalue weighted by Crippen LogP contribution is 2.66. The lowest BCUT2D eigenvalue weighted by Gasteiger charge is -2.56. The number of morpholine rings is 1. The van der Waals surface area contributed by atoms with E-state index in [2.05, 4.69) is 37.1 Å². The zero-order valence-corrected chi connectivity index (χ0v) is 25.3. The molecule has 6 atom stereocenters. The molecule has 6 rings (SSSR count). The van der Waals surface area contributed by atoms with E-state index < -0.39 is 0 Å². The van der Waals surface area contributed by atoms with E-state index in [-0.39, 0.29) is 22.9 Å². The number of thiazole rings is 1. The van der Waals surface area contributed by atoms with Crippen molar-refractivity contribution in [1.82, 2.24) is 9.88 Å². The number of allylic oxidation sites excluding steroid dienone is 2. The quantitative estimate of drug-likeness (QED) is 0.275. The summed E-state index contributed by atoms with van der Waals surface area (Å²) in [5, 5.41) is 4.76. The highest BCUT2D eigenvalue weighted by Gasteiger charge is 2.60. The van der Waals surface area contributed by atoms with Crippen LogP contribution in [0, 0.1) is 28.6 Å². The molecule has 39 heavy (non-hydrogen) atoms. The fourth-order valence-corrected chi connectivity index (χ4v) is 10.2. The van der Waals surface area contributed by atoms with E-state index in [1.54, 1.807) is 5.57 Å². The van der Waals surface area contributed by atoms with Crippen molar-refractivity contribution in [1.29, 1.82) is 0 Å². The van der Waals surface area contributed by atoms with Crippen LogP contribution in [0.15, 0.2) is 6.08 Å². The summed E-state index contributed by atoms with van der Waals surface area (Å²) in [5.74, 6) is 2.13. The Kier molecular flexibility index (Phi) is 8.13. The molecular weight excluding hydrogens is 506 g/mol. The first-order chi connectivity index (χ1) is 18.9. The molecule has 7 heteroatoms. The van der Waals surface area contributed by atoms with Crippen molar-refractivity contribution in [3.05, 3.63) is 16.6 Å². The maximum atomic E-state index is 12.5. The highest BCUT2D eigenvalue weighted by molar-refractivity contribution is 7.16. The van der Waals surface area contributed by atoms with Crippen LogP contribution in [0.4, 0.5) is 5.13 Å². The van der Waals surface area contributed by atoms with Gasteiger partial charge >= 0.3 is 5.97 Å². The zero-order valence-electron chi connectivity index (χ0n) is 24.4. The Morgan fingerprint density at radius 3 is 2.85 bits per heavy atom. The van der Waals surface area contributed by atoms with E-state index in [0.717, 1.165) is 82.5 Å². The molecule has 5 aliphatic rings. The number of rotatable bonds is 9. The van der Waals surface area contributed by atoms with Gasteiger partial charge in [-0.3, -0.25) is 9.69 Å². The van der Waals surface area contributed by atoms with E-state index in [4.69, 9.17) is 14.5 Å². The number of hydrogen-bond acceptors (Lipinski definition) is 7. The Morgan fingerprint density at radius 1 is 1.18 bits per heavy atom. The molecule has 1 aliphatic heterocycles. The van der Waals surface area contributed by atoms with Gasteiger partial charge in [0.05, 0.1) is 23.8 Å². The average molecular weight is 556 g/mol. The van der Waals surface area contributed by atoms with Crippen LogP contribution in [0.3, 0.4) is 0 Å². The summed E-state index contributed by atoms with van der Waals surface area (Å²) >= 11 is 1.90. The number of hydrogen-bond donors (Lipinski definition) is 1. The molecular formula is C32H49N3O3S. The Bertz CT molecular complexity index is 1070. The molecule has 0 spiro atoms. The van der Waals surface area contributed by atoms with Gasteiger partial charge in [-0.1, -0.05) is 44.6 Å². The van der Waals surface area contributed by atoms with Crippen LogP contribution in [0.5, 0.6) is 0 Å². The third kappa shape index (κ3) is 5.21. The lowest BCUT2D eigenvalue weighted by molar-refractivity contribution is -0.159. The van der Waals surface area contributed by atoms with Crippen molar-refractivity contribution in [2.45, 2.75) is 97.5 Å². The Hall–Kier alpha value is -1.44. The first-order valence-electron chi connectivity index (χ1n) is 15.9. The van der Waals surface area contributed by atoms with Gasteiger partial charge in [0.2, 0.25) is 0 Å². The Labute approximate surface area is 239 Å². The van der Waals surface area contributed by atoms with Gasteiger partial charge in [-0.05, 0) is 93.1 Å². The van der Waals surface area contributed by atoms with Gasteiger partial charge in [-0.15, -0.1) is 0 Å². The molecule has 2 saturated carbocycles. The predicted molar refractivity (Wildman–Crippen MR) is 158 cm³/mol. The minimum absolute atomic E-state index is 0.0270. The SMILES string of the molecule is CCCCC(=O)O[C@H]1CC[C@H]2[C@@H]3CC=C4c5sc(NCCCN6CCOCC6)nc5CC[C@]4(C)[C@H]3CC[C@]12C. The number of carbonyl (C=O) groups is 1. The molecule has 3 fully saturated rings. The molecule has 6 nitrogen and oxygen atoms in total. The Morgan fingerprint density at radius 2 is 2.03 bits per heavy atom. The average Bonchev–Trinajstić information content (AvgIpc) is 3.50. The van der Waals surface area contributed by atoms with E-state index in [9.17, 15) is 4.79 Å². The van der Waals surface area contributed by atoms with Crippen molar-refractivity contribution in [2.75, 3.05) is 44.7 Å². The highest BCUT2D eigenvalue weighted by atomic mass is 32.1. The number of carbonyl (C=O) groups excluding carboxylic acids is 1. The van der Waals surface area contributed by atoms with Crippen LogP contribution in [-0.4, -0.2) is 61.3 Å². The second-order valence-corrected chi connectivity index (χ2v) is 14.4. The van der Waals surface area contributed by atoms with Crippen LogP contribution in [0.2, 0.25) is 0 Å². The van der Waals surface area contributed by atoms with Crippen molar-refractivity contribution in [2.24, 2.45) is 28.6 Å². The second-order valence-electron chi connectivity index (χ2n) is 13.4. The lowest BCUT2D eigenvalue weighted by Crippen LogP contribution is -2.50. The topological polar surface area (TPSA) is 63.7 Å². The van der Waals surface area contributed by atoms with Gasteiger partial charge in [0.25, 0.3) is 0 Å². The van der Waals surface area contributed by atoms with E-state index in [1.165, 1.54) is 42.7 Å². The molecule has 2 heterocycles. The van der Waals surface area contributed by atoms with E-state index in [1.807, 2.05) is 11.3 Å². The molecule has 0 bridgehead atoms. The third-order valence-corrected chi connectivity index (χ3v) is 12.3. The number of nitrogens with one attached hydrogen (secondary N) is 1. The second kappa shape index (κ2) is 11.4. The summed E-state index contributed by atoms with van der Waals surface area (Å²) < 4.78 is 11.6. The van der Waals surface area contributed by atoms with Crippen LogP contribution < -0.4 is 5.32 Å². The number of aryl methyl sites for hydroxylation is 1. The first-order valence-corrected chi connectivity index (χ1v) is 16.7. The van der Waals surface area contributed by atoms with E-state index >= 15 is 0 Å². The third-order valence-electron chi connectivity index (χ3n) is 11.2. The largest absolute Gasteiger partial charge is 0.462 e. The zero-order chi connectivity index (χ0) is 27.0. The normalized spacial score (nSPS) is 35.8. The number of esters is 1. The number of ether oxygens (including phenoxy) is 2. The fraction of sp³-hybridized carbons (Fsp3) is 0.812. The lowest BCUT2D eigenvalue weighted by atomic mass is 9.48. The van der Waals surface area contributed by atoms with E-state index in [0.29, 0.717) is 18.3 Å². The smallest absolute Gasteiger partial charge is 0.306 e. The molecule has 0 aromatic carbocycles.